The standard InChI is InChI=1S/C13H25NO3/c1-6-7-14(9-11(15)16)10-8-12(2,3)17-13(10,4)5/h10H,6-9H2,1-5H3,(H,15,16). The summed E-state index contributed by atoms with van der Waals surface area (Å²) in [6, 6.07) is 0.175. The Bertz CT molecular complexity index is 286. The summed E-state index contributed by atoms with van der Waals surface area (Å²) in [5, 5.41) is 8.99. The Hall–Kier alpha value is -0.610. The van der Waals surface area contributed by atoms with E-state index in [0.717, 1.165) is 19.4 Å². The average Bonchev–Trinajstić information content (AvgIpc) is 2.32. The molecule has 1 heterocycles. The molecule has 1 unspecified atom stereocenters. The van der Waals surface area contributed by atoms with Crippen LogP contribution < -0.4 is 0 Å². The van der Waals surface area contributed by atoms with E-state index in [1.807, 2.05) is 4.90 Å². The minimum Gasteiger partial charge on any atom is -0.480 e. The molecule has 1 atom stereocenters. The fourth-order valence-electron chi connectivity index (χ4n) is 2.91. The molecule has 0 spiro atoms. The number of carboxylic acids is 1. The Balaban J connectivity index is 2.83. The van der Waals surface area contributed by atoms with E-state index in [2.05, 4.69) is 34.6 Å². The van der Waals surface area contributed by atoms with E-state index < -0.39 is 5.97 Å². The molecule has 0 aromatic carbocycles. The molecule has 0 bridgehead atoms. The normalized spacial score (nSPS) is 26.4. The maximum atomic E-state index is 10.9. The Morgan fingerprint density at radius 3 is 2.35 bits per heavy atom. The number of rotatable bonds is 5. The molecular formula is C13H25NO3. The van der Waals surface area contributed by atoms with Crippen LogP contribution in [0.15, 0.2) is 0 Å². The summed E-state index contributed by atoms with van der Waals surface area (Å²) in [5.41, 5.74) is -0.452. The quantitative estimate of drug-likeness (QED) is 0.803. The van der Waals surface area contributed by atoms with Crippen LogP contribution in [0.1, 0.15) is 47.5 Å². The number of carboxylic acid groups (broad SMARTS) is 1. The third kappa shape index (κ3) is 3.68. The van der Waals surface area contributed by atoms with Crippen LogP contribution >= 0.6 is 0 Å². The maximum Gasteiger partial charge on any atom is 0.317 e. The van der Waals surface area contributed by atoms with Crippen molar-refractivity contribution in [1.82, 2.24) is 4.90 Å². The topological polar surface area (TPSA) is 49.8 Å². The van der Waals surface area contributed by atoms with Gasteiger partial charge in [0.25, 0.3) is 0 Å². The molecule has 0 aliphatic carbocycles. The zero-order chi connectivity index (χ0) is 13.3. The Labute approximate surface area is 104 Å². The van der Waals surface area contributed by atoms with Gasteiger partial charge in [-0.3, -0.25) is 9.69 Å². The van der Waals surface area contributed by atoms with Gasteiger partial charge in [-0.1, -0.05) is 6.92 Å². The van der Waals surface area contributed by atoms with Crippen molar-refractivity contribution in [2.45, 2.75) is 64.7 Å². The highest BCUT2D eigenvalue weighted by molar-refractivity contribution is 5.69. The van der Waals surface area contributed by atoms with E-state index in [1.165, 1.54) is 0 Å². The van der Waals surface area contributed by atoms with E-state index in [9.17, 15) is 4.79 Å². The van der Waals surface area contributed by atoms with Gasteiger partial charge in [-0.05, 0) is 47.1 Å². The lowest BCUT2D eigenvalue weighted by Crippen LogP contribution is -2.48. The van der Waals surface area contributed by atoms with Gasteiger partial charge in [0.1, 0.15) is 0 Å². The first kappa shape index (κ1) is 14.5. The van der Waals surface area contributed by atoms with Crippen molar-refractivity contribution >= 4 is 5.97 Å². The number of hydrogen-bond donors (Lipinski definition) is 1. The van der Waals surface area contributed by atoms with Crippen LogP contribution in [0.3, 0.4) is 0 Å². The van der Waals surface area contributed by atoms with Crippen LogP contribution in [0.2, 0.25) is 0 Å². The molecule has 1 aliphatic heterocycles. The lowest BCUT2D eigenvalue weighted by Gasteiger charge is -2.35. The summed E-state index contributed by atoms with van der Waals surface area (Å²) < 4.78 is 6.02. The highest BCUT2D eigenvalue weighted by atomic mass is 16.5. The zero-order valence-electron chi connectivity index (χ0n) is 11.6. The number of nitrogens with zero attached hydrogens (tertiary/aromatic N) is 1. The monoisotopic (exact) mass is 243 g/mol. The Kier molecular flexibility index (Phi) is 4.20. The molecule has 4 heteroatoms. The molecule has 4 nitrogen and oxygen atoms in total. The van der Waals surface area contributed by atoms with E-state index in [1.54, 1.807) is 0 Å². The molecule has 1 saturated heterocycles. The van der Waals surface area contributed by atoms with Gasteiger partial charge in [0.2, 0.25) is 0 Å². The SMILES string of the molecule is CCCN(CC(=O)O)C1CC(C)(C)OC1(C)C. The van der Waals surface area contributed by atoms with Crippen LogP contribution in [0.25, 0.3) is 0 Å². The van der Waals surface area contributed by atoms with E-state index in [0.29, 0.717) is 0 Å². The number of carbonyl (C=O) groups is 1. The summed E-state index contributed by atoms with van der Waals surface area (Å²) >= 11 is 0. The van der Waals surface area contributed by atoms with Crippen molar-refractivity contribution in [3.63, 3.8) is 0 Å². The van der Waals surface area contributed by atoms with Gasteiger partial charge >= 0.3 is 5.97 Å². The van der Waals surface area contributed by atoms with E-state index >= 15 is 0 Å². The highest BCUT2D eigenvalue weighted by Gasteiger charge is 2.48. The molecule has 17 heavy (non-hydrogen) atoms. The molecule has 1 rings (SSSR count). The molecule has 100 valence electrons. The van der Waals surface area contributed by atoms with Crippen LogP contribution in [0.4, 0.5) is 0 Å². The van der Waals surface area contributed by atoms with Crippen molar-refractivity contribution in [2.24, 2.45) is 0 Å². The van der Waals surface area contributed by atoms with Crippen LogP contribution in [-0.4, -0.2) is 46.3 Å². The number of aliphatic carboxylic acids is 1. The number of hydrogen-bond acceptors (Lipinski definition) is 3. The predicted molar refractivity (Wildman–Crippen MR) is 67.1 cm³/mol. The van der Waals surface area contributed by atoms with Crippen molar-refractivity contribution in [2.75, 3.05) is 13.1 Å². The van der Waals surface area contributed by atoms with Crippen molar-refractivity contribution in [3.8, 4) is 0 Å². The van der Waals surface area contributed by atoms with Gasteiger partial charge in [-0.15, -0.1) is 0 Å². The van der Waals surface area contributed by atoms with Gasteiger partial charge in [0.05, 0.1) is 17.7 Å². The third-order valence-corrected chi connectivity index (χ3v) is 3.32. The Morgan fingerprint density at radius 2 is 2.00 bits per heavy atom. The second-order valence-corrected chi connectivity index (χ2v) is 6.05. The largest absolute Gasteiger partial charge is 0.480 e. The van der Waals surface area contributed by atoms with Gasteiger partial charge in [0.15, 0.2) is 0 Å². The molecule has 1 aliphatic rings. The lowest BCUT2D eigenvalue weighted by atomic mass is 9.92. The first-order chi connectivity index (χ1) is 7.68. The minimum absolute atomic E-state index is 0.0986. The first-order valence-electron chi connectivity index (χ1n) is 6.34. The highest BCUT2D eigenvalue weighted by Crippen LogP contribution is 2.40. The van der Waals surface area contributed by atoms with Gasteiger partial charge < -0.3 is 9.84 Å². The molecule has 1 fully saturated rings. The van der Waals surface area contributed by atoms with E-state index in [4.69, 9.17) is 9.84 Å². The average molecular weight is 243 g/mol. The summed E-state index contributed by atoms with van der Waals surface area (Å²) in [5.74, 6) is -0.765. The van der Waals surface area contributed by atoms with Crippen molar-refractivity contribution in [3.05, 3.63) is 0 Å². The minimum atomic E-state index is -0.765. The molecule has 0 aromatic heterocycles. The molecule has 0 saturated carbocycles. The molecule has 0 aromatic rings. The third-order valence-electron chi connectivity index (χ3n) is 3.32. The second-order valence-electron chi connectivity index (χ2n) is 6.05. The van der Waals surface area contributed by atoms with Crippen molar-refractivity contribution in [1.29, 1.82) is 0 Å². The van der Waals surface area contributed by atoms with Crippen LogP contribution in [0, 0.1) is 0 Å². The summed E-state index contributed by atoms with van der Waals surface area (Å²) in [6.07, 6.45) is 1.84. The lowest BCUT2D eigenvalue weighted by molar-refractivity contribution is -0.140. The smallest absolute Gasteiger partial charge is 0.317 e. The predicted octanol–water partition coefficient (Wildman–Crippen LogP) is 2.13. The summed E-state index contributed by atoms with van der Waals surface area (Å²) in [6.45, 7) is 11.2. The maximum absolute atomic E-state index is 10.9. The summed E-state index contributed by atoms with van der Waals surface area (Å²) in [7, 11) is 0. The molecule has 0 radical (unpaired) electrons. The van der Waals surface area contributed by atoms with Crippen LogP contribution in [-0.2, 0) is 9.53 Å². The second kappa shape index (κ2) is 4.94. The number of ether oxygens (including phenoxy) is 1. The summed E-state index contributed by atoms with van der Waals surface area (Å²) in [4.78, 5) is 13.0. The first-order valence-corrected chi connectivity index (χ1v) is 6.34. The van der Waals surface area contributed by atoms with Gasteiger partial charge in [0, 0.05) is 6.04 Å². The van der Waals surface area contributed by atoms with E-state index in [-0.39, 0.29) is 23.8 Å². The van der Waals surface area contributed by atoms with Gasteiger partial charge in [-0.25, -0.2) is 0 Å². The fourth-order valence-corrected chi connectivity index (χ4v) is 2.91. The van der Waals surface area contributed by atoms with Gasteiger partial charge in [-0.2, -0.15) is 0 Å². The molecular weight excluding hydrogens is 218 g/mol. The van der Waals surface area contributed by atoms with Crippen molar-refractivity contribution < 1.29 is 14.6 Å². The molecule has 0 amide bonds. The molecule has 1 N–H and O–H groups in total. The van der Waals surface area contributed by atoms with Crippen LogP contribution in [0.5, 0.6) is 0 Å². The Morgan fingerprint density at radius 1 is 1.41 bits per heavy atom. The zero-order valence-corrected chi connectivity index (χ0v) is 11.6. The fraction of sp³-hybridized carbons (Fsp3) is 0.923.